The van der Waals surface area contributed by atoms with Gasteiger partial charge in [-0.3, -0.25) is 4.55 Å². The molecule has 2 unspecified atom stereocenters. The summed E-state index contributed by atoms with van der Waals surface area (Å²) in [7, 11) is -4.05. The van der Waals surface area contributed by atoms with Gasteiger partial charge < -0.3 is 9.47 Å². The Labute approximate surface area is 65.0 Å². The number of hydrogen-bond donors (Lipinski definition) is 1. The van der Waals surface area contributed by atoms with Crippen molar-refractivity contribution in [1.82, 2.24) is 0 Å². The Morgan fingerprint density at radius 2 is 2.36 bits per heavy atom. The lowest BCUT2D eigenvalue weighted by atomic mass is 10.5. The SMILES string of the molecule is CC(OCC1CO1)S(=O)(=O)O. The quantitative estimate of drug-likeness (QED) is 0.474. The fourth-order valence-electron chi connectivity index (χ4n) is 0.493. The summed E-state index contributed by atoms with van der Waals surface area (Å²) in [6.45, 7) is 2.11. The molecule has 0 spiro atoms. The first-order valence-corrected chi connectivity index (χ1v) is 4.70. The maximum absolute atomic E-state index is 10.4. The zero-order valence-electron chi connectivity index (χ0n) is 6.06. The summed E-state index contributed by atoms with van der Waals surface area (Å²) in [5.74, 6) is 0. The van der Waals surface area contributed by atoms with Crippen molar-refractivity contribution in [2.24, 2.45) is 0 Å². The highest BCUT2D eigenvalue weighted by atomic mass is 32.2. The minimum atomic E-state index is -4.05. The minimum Gasteiger partial charge on any atom is -0.371 e. The van der Waals surface area contributed by atoms with E-state index in [1.165, 1.54) is 6.92 Å². The molecule has 0 saturated carbocycles. The van der Waals surface area contributed by atoms with E-state index in [1.807, 2.05) is 0 Å². The fraction of sp³-hybridized carbons (Fsp3) is 1.00. The Morgan fingerprint density at radius 1 is 1.82 bits per heavy atom. The minimum absolute atomic E-state index is 0.0131. The van der Waals surface area contributed by atoms with Gasteiger partial charge in [-0.1, -0.05) is 0 Å². The normalized spacial score (nSPS) is 26.5. The molecule has 11 heavy (non-hydrogen) atoms. The molecule has 1 saturated heterocycles. The van der Waals surface area contributed by atoms with E-state index in [2.05, 4.69) is 0 Å². The Morgan fingerprint density at radius 3 is 2.73 bits per heavy atom. The summed E-state index contributed by atoms with van der Waals surface area (Å²) in [6, 6.07) is 0. The molecular weight excluding hydrogens is 172 g/mol. The zero-order chi connectivity index (χ0) is 8.48. The molecule has 1 heterocycles. The van der Waals surface area contributed by atoms with Gasteiger partial charge in [0.2, 0.25) is 0 Å². The van der Waals surface area contributed by atoms with Crippen molar-refractivity contribution < 1.29 is 22.4 Å². The third-order valence-corrected chi connectivity index (χ3v) is 2.31. The highest BCUT2D eigenvalue weighted by Gasteiger charge is 2.26. The summed E-state index contributed by atoms with van der Waals surface area (Å²) in [5, 5.41) is 0. The van der Waals surface area contributed by atoms with Crippen LogP contribution >= 0.6 is 0 Å². The van der Waals surface area contributed by atoms with Crippen molar-refractivity contribution >= 4 is 10.1 Å². The maximum atomic E-state index is 10.4. The molecule has 1 aliphatic rings. The molecule has 1 aliphatic heterocycles. The third-order valence-electron chi connectivity index (χ3n) is 1.34. The van der Waals surface area contributed by atoms with Crippen LogP contribution < -0.4 is 0 Å². The van der Waals surface area contributed by atoms with Gasteiger partial charge in [0.15, 0.2) is 5.44 Å². The molecule has 1 rings (SSSR count). The maximum Gasteiger partial charge on any atom is 0.291 e. The fourth-order valence-corrected chi connectivity index (χ4v) is 0.744. The van der Waals surface area contributed by atoms with Crippen LogP contribution in [-0.2, 0) is 19.6 Å². The van der Waals surface area contributed by atoms with Crippen LogP contribution in [0.1, 0.15) is 6.92 Å². The van der Waals surface area contributed by atoms with Crippen LogP contribution in [0, 0.1) is 0 Å². The van der Waals surface area contributed by atoms with E-state index in [-0.39, 0.29) is 12.7 Å². The lowest BCUT2D eigenvalue weighted by molar-refractivity contribution is 0.0952. The molecule has 0 amide bonds. The smallest absolute Gasteiger partial charge is 0.291 e. The van der Waals surface area contributed by atoms with Gasteiger partial charge in [-0.2, -0.15) is 8.42 Å². The molecule has 66 valence electrons. The first-order valence-electron chi connectivity index (χ1n) is 3.19. The largest absolute Gasteiger partial charge is 0.371 e. The average Bonchev–Trinajstić information content (AvgIpc) is 2.62. The molecule has 0 aliphatic carbocycles. The summed E-state index contributed by atoms with van der Waals surface area (Å²) in [6.07, 6.45) is 0.0131. The summed E-state index contributed by atoms with van der Waals surface area (Å²) in [4.78, 5) is 0. The van der Waals surface area contributed by atoms with E-state index in [9.17, 15) is 8.42 Å². The van der Waals surface area contributed by atoms with Crippen LogP contribution in [-0.4, -0.2) is 37.7 Å². The molecule has 0 aromatic carbocycles. The molecule has 0 aromatic rings. The van der Waals surface area contributed by atoms with Gasteiger partial charge in [0.05, 0.1) is 13.2 Å². The number of hydrogen-bond acceptors (Lipinski definition) is 4. The van der Waals surface area contributed by atoms with Gasteiger partial charge in [-0.05, 0) is 6.92 Å². The molecule has 0 bridgehead atoms. The van der Waals surface area contributed by atoms with E-state index >= 15 is 0 Å². The number of epoxide rings is 1. The van der Waals surface area contributed by atoms with Crippen LogP contribution in [0.3, 0.4) is 0 Å². The van der Waals surface area contributed by atoms with E-state index in [1.54, 1.807) is 0 Å². The molecule has 0 aromatic heterocycles. The van der Waals surface area contributed by atoms with E-state index in [4.69, 9.17) is 14.0 Å². The van der Waals surface area contributed by atoms with Gasteiger partial charge in [-0.25, -0.2) is 0 Å². The molecular formula is C5H10O5S. The molecule has 2 atom stereocenters. The van der Waals surface area contributed by atoms with Crippen LogP contribution in [0.4, 0.5) is 0 Å². The van der Waals surface area contributed by atoms with Gasteiger partial charge >= 0.3 is 0 Å². The van der Waals surface area contributed by atoms with Crippen molar-refractivity contribution in [2.75, 3.05) is 13.2 Å². The summed E-state index contributed by atoms with van der Waals surface area (Å²) in [5.41, 5.74) is -1.16. The van der Waals surface area contributed by atoms with Crippen LogP contribution in [0.5, 0.6) is 0 Å². The van der Waals surface area contributed by atoms with Crippen LogP contribution in [0.2, 0.25) is 0 Å². The predicted octanol–water partition coefficient (Wildman–Crippen LogP) is -0.364. The Balaban J connectivity index is 2.24. The van der Waals surface area contributed by atoms with Gasteiger partial charge in [-0.15, -0.1) is 0 Å². The monoisotopic (exact) mass is 182 g/mol. The topological polar surface area (TPSA) is 76.1 Å². The predicted molar refractivity (Wildman–Crippen MR) is 36.7 cm³/mol. The standard InChI is InChI=1S/C5H10O5S/c1-4(11(6,7)8)9-2-5-3-10-5/h4-5H,2-3H2,1H3,(H,6,7,8). The Hall–Kier alpha value is -0.170. The second-order valence-electron chi connectivity index (χ2n) is 2.37. The summed E-state index contributed by atoms with van der Waals surface area (Å²) < 4.78 is 38.7. The van der Waals surface area contributed by atoms with Gasteiger partial charge in [0, 0.05) is 0 Å². The van der Waals surface area contributed by atoms with E-state index in [0.717, 1.165) is 0 Å². The highest BCUT2D eigenvalue weighted by Crippen LogP contribution is 2.11. The Bertz CT molecular complexity index is 217. The average molecular weight is 182 g/mol. The second kappa shape index (κ2) is 3.06. The lowest BCUT2D eigenvalue weighted by Gasteiger charge is -2.07. The molecule has 6 heteroatoms. The lowest BCUT2D eigenvalue weighted by Crippen LogP contribution is -2.22. The molecule has 1 fully saturated rings. The van der Waals surface area contributed by atoms with Gasteiger partial charge in [0.1, 0.15) is 6.10 Å². The van der Waals surface area contributed by atoms with Crippen molar-refractivity contribution in [1.29, 1.82) is 0 Å². The number of ether oxygens (including phenoxy) is 2. The number of rotatable bonds is 4. The van der Waals surface area contributed by atoms with Crippen LogP contribution in [0.15, 0.2) is 0 Å². The first kappa shape index (κ1) is 8.92. The molecule has 0 radical (unpaired) electrons. The van der Waals surface area contributed by atoms with Gasteiger partial charge in [0.25, 0.3) is 10.1 Å². The first-order chi connectivity index (χ1) is 5.00. The van der Waals surface area contributed by atoms with Crippen molar-refractivity contribution in [3.05, 3.63) is 0 Å². The van der Waals surface area contributed by atoms with Crippen molar-refractivity contribution in [3.8, 4) is 0 Å². The van der Waals surface area contributed by atoms with Crippen molar-refractivity contribution in [2.45, 2.75) is 18.5 Å². The summed E-state index contributed by atoms with van der Waals surface area (Å²) >= 11 is 0. The second-order valence-corrected chi connectivity index (χ2v) is 4.07. The molecule has 5 nitrogen and oxygen atoms in total. The highest BCUT2D eigenvalue weighted by molar-refractivity contribution is 7.86. The third kappa shape index (κ3) is 3.15. The van der Waals surface area contributed by atoms with E-state index in [0.29, 0.717) is 6.61 Å². The van der Waals surface area contributed by atoms with Crippen molar-refractivity contribution in [3.63, 3.8) is 0 Å². The van der Waals surface area contributed by atoms with Crippen LogP contribution in [0.25, 0.3) is 0 Å². The molecule has 1 N–H and O–H groups in total. The van der Waals surface area contributed by atoms with E-state index < -0.39 is 15.6 Å². The zero-order valence-corrected chi connectivity index (χ0v) is 6.87. The Kier molecular flexibility index (Phi) is 2.48.